The van der Waals surface area contributed by atoms with Crippen LogP contribution in [-0.2, 0) is 6.54 Å². The summed E-state index contributed by atoms with van der Waals surface area (Å²) < 4.78 is 19.6. The first-order valence-corrected chi connectivity index (χ1v) is 10.3. The first-order chi connectivity index (χ1) is 15.7. The summed E-state index contributed by atoms with van der Waals surface area (Å²) in [6.07, 6.45) is 0. The van der Waals surface area contributed by atoms with E-state index in [1.807, 2.05) is 54.6 Å². The minimum Gasteiger partial charge on any atom is -0.454 e. The molecule has 5 rings (SSSR count). The molecular formula is C27H19FN2O2. The number of rotatable bonds is 4. The summed E-state index contributed by atoms with van der Waals surface area (Å²) in [4.78, 5) is 17.6. The number of halogens is 1. The second-order valence-electron chi connectivity index (χ2n) is 7.42. The molecule has 32 heavy (non-hydrogen) atoms. The quantitative estimate of drug-likeness (QED) is 0.384. The largest absolute Gasteiger partial charge is 0.454 e. The van der Waals surface area contributed by atoms with Crippen LogP contribution in [0.15, 0.2) is 102 Å². The zero-order valence-corrected chi connectivity index (χ0v) is 17.1. The maximum Gasteiger partial charge on any atom is 0.251 e. The molecule has 0 saturated heterocycles. The summed E-state index contributed by atoms with van der Waals surface area (Å²) in [6.45, 7) is 0.433. The van der Waals surface area contributed by atoms with Gasteiger partial charge >= 0.3 is 0 Å². The number of carbonyl (C=O) groups excluding carboxylic acids is 1. The van der Waals surface area contributed by atoms with E-state index in [2.05, 4.69) is 5.32 Å². The van der Waals surface area contributed by atoms with Gasteiger partial charge in [0, 0.05) is 23.2 Å². The van der Waals surface area contributed by atoms with Crippen molar-refractivity contribution in [2.24, 2.45) is 4.99 Å². The lowest BCUT2D eigenvalue weighted by Gasteiger charge is -2.10. The molecule has 1 aliphatic heterocycles. The first kappa shape index (κ1) is 19.7. The van der Waals surface area contributed by atoms with Gasteiger partial charge in [0.05, 0.1) is 5.71 Å². The van der Waals surface area contributed by atoms with Crippen LogP contribution in [0.2, 0.25) is 0 Å². The molecule has 4 aromatic rings. The minimum absolute atomic E-state index is 0.197. The third kappa shape index (κ3) is 4.01. The highest BCUT2D eigenvalue weighted by Crippen LogP contribution is 2.39. The highest BCUT2D eigenvalue weighted by Gasteiger charge is 2.20. The van der Waals surface area contributed by atoms with Crippen LogP contribution in [-0.4, -0.2) is 11.6 Å². The molecule has 0 unspecified atom stereocenters. The number of aliphatic imine (C=N–C) groups is 1. The Morgan fingerprint density at radius 3 is 2.41 bits per heavy atom. The molecule has 0 bridgehead atoms. The van der Waals surface area contributed by atoms with E-state index in [9.17, 15) is 9.18 Å². The Labute approximate surface area is 185 Å². The fourth-order valence-electron chi connectivity index (χ4n) is 3.59. The Morgan fingerprint density at radius 1 is 0.844 bits per heavy atom. The number of carbonyl (C=O) groups is 1. The molecule has 1 heterocycles. The van der Waals surface area contributed by atoms with E-state index in [1.165, 1.54) is 12.1 Å². The summed E-state index contributed by atoms with van der Waals surface area (Å²) in [5, 5.41) is 2.93. The number of benzene rings is 4. The van der Waals surface area contributed by atoms with Crippen molar-refractivity contribution in [2.75, 3.05) is 0 Å². The lowest BCUT2D eigenvalue weighted by Crippen LogP contribution is -2.22. The van der Waals surface area contributed by atoms with E-state index in [0.717, 1.165) is 16.7 Å². The third-order valence-corrected chi connectivity index (χ3v) is 5.23. The molecule has 0 aliphatic carbocycles. The van der Waals surface area contributed by atoms with Gasteiger partial charge in [-0.3, -0.25) is 4.79 Å². The van der Waals surface area contributed by atoms with Crippen LogP contribution >= 0.6 is 0 Å². The molecule has 1 amide bonds. The highest BCUT2D eigenvalue weighted by molar-refractivity contribution is 6.16. The highest BCUT2D eigenvalue weighted by atomic mass is 19.1. The molecule has 0 spiro atoms. The van der Waals surface area contributed by atoms with Gasteiger partial charge in [-0.2, -0.15) is 0 Å². The normalized spacial score (nSPS) is 12.0. The molecule has 0 atom stereocenters. The smallest absolute Gasteiger partial charge is 0.251 e. The number of nitrogens with zero attached hydrogens (tertiary/aromatic N) is 1. The average Bonchev–Trinajstić information content (AvgIpc) is 3.00. The van der Waals surface area contributed by atoms with Gasteiger partial charge < -0.3 is 10.1 Å². The molecular weight excluding hydrogens is 403 g/mol. The van der Waals surface area contributed by atoms with E-state index < -0.39 is 0 Å². The lowest BCUT2D eigenvalue weighted by molar-refractivity contribution is 0.0951. The first-order valence-electron chi connectivity index (χ1n) is 10.3. The molecule has 5 heteroatoms. The monoisotopic (exact) mass is 422 g/mol. The van der Waals surface area contributed by atoms with Crippen molar-refractivity contribution in [1.82, 2.24) is 5.32 Å². The summed E-state index contributed by atoms with van der Waals surface area (Å²) in [7, 11) is 0. The maximum atomic E-state index is 13.5. The van der Waals surface area contributed by atoms with Gasteiger partial charge in [0.2, 0.25) is 0 Å². The Morgan fingerprint density at radius 2 is 1.59 bits per heavy atom. The van der Waals surface area contributed by atoms with Crippen LogP contribution in [0.4, 0.5) is 10.1 Å². The third-order valence-electron chi connectivity index (χ3n) is 5.23. The van der Waals surface area contributed by atoms with Crippen LogP contribution < -0.4 is 10.1 Å². The lowest BCUT2D eigenvalue weighted by atomic mass is 10.0. The van der Waals surface area contributed by atoms with Crippen LogP contribution in [0, 0.1) is 5.82 Å². The van der Waals surface area contributed by atoms with Crippen molar-refractivity contribution in [3.05, 3.63) is 125 Å². The standard InChI is InChI=1S/C27H19FN2O2/c28-21-13-10-19(11-14-21)26-22-8-4-5-9-24(22)32-25-15-12-20(16-23(25)30-26)27(31)29-17-18-6-2-1-3-7-18/h1-16H,17H2,(H,29,31). The number of hydrogen-bond acceptors (Lipinski definition) is 3. The second-order valence-corrected chi connectivity index (χ2v) is 7.42. The van der Waals surface area contributed by atoms with Gasteiger partial charge in [-0.1, -0.05) is 42.5 Å². The fourth-order valence-corrected chi connectivity index (χ4v) is 3.59. The van der Waals surface area contributed by atoms with E-state index in [0.29, 0.717) is 35.0 Å². The average molecular weight is 422 g/mol. The number of hydrogen-bond donors (Lipinski definition) is 1. The summed E-state index contributed by atoms with van der Waals surface area (Å²) in [6, 6.07) is 28.7. The maximum absolute atomic E-state index is 13.5. The van der Waals surface area contributed by atoms with Gasteiger partial charge in [0.25, 0.3) is 5.91 Å². The SMILES string of the molecule is O=C(NCc1ccccc1)c1ccc2c(c1)N=C(c1ccc(F)cc1)c1ccccc1O2. The predicted molar refractivity (Wildman–Crippen MR) is 122 cm³/mol. The van der Waals surface area contributed by atoms with Gasteiger partial charge in [-0.15, -0.1) is 0 Å². The fraction of sp³-hybridized carbons (Fsp3) is 0.0370. The van der Waals surface area contributed by atoms with E-state index in [4.69, 9.17) is 9.73 Å². The van der Waals surface area contributed by atoms with Gasteiger partial charge in [0.1, 0.15) is 17.3 Å². The minimum atomic E-state index is -0.315. The Bertz CT molecular complexity index is 1320. The number of nitrogens with one attached hydrogen (secondary N) is 1. The molecule has 4 aromatic carbocycles. The molecule has 1 N–H and O–H groups in total. The number of para-hydroxylation sites is 1. The van der Waals surface area contributed by atoms with Crippen molar-refractivity contribution < 1.29 is 13.9 Å². The van der Waals surface area contributed by atoms with Crippen LogP contribution in [0.1, 0.15) is 27.0 Å². The van der Waals surface area contributed by atoms with Crippen LogP contribution in [0.5, 0.6) is 11.5 Å². The Kier molecular flexibility index (Phi) is 5.22. The molecule has 4 nitrogen and oxygen atoms in total. The second kappa shape index (κ2) is 8.47. The summed E-state index contributed by atoms with van der Waals surface area (Å²) in [5.41, 5.74) is 4.25. The van der Waals surface area contributed by atoms with Gasteiger partial charge in [-0.05, 0) is 60.2 Å². The van der Waals surface area contributed by atoms with E-state index in [-0.39, 0.29) is 11.7 Å². The Hall–Kier alpha value is -4.25. The Balaban J connectivity index is 1.51. The van der Waals surface area contributed by atoms with Crippen molar-refractivity contribution in [3.8, 4) is 11.5 Å². The van der Waals surface area contributed by atoms with Crippen molar-refractivity contribution in [3.63, 3.8) is 0 Å². The zero-order valence-electron chi connectivity index (χ0n) is 17.1. The molecule has 0 saturated carbocycles. The van der Waals surface area contributed by atoms with E-state index in [1.54, 1.807) is 30.3 Å². The van der Waals surface area contributed by atoms with Crippen molar-refractivity contribution in [1.29, 1.82) is 0 Å². The molecule has 0 radical (unpaired) electrons. The molecule has 1 aliphatic rings. The van der Waals surface area contributed by atoms with Crippen molar-refractivity contribution in [2.45, 2.75) is 6.54 Å². The number of fused-ring (bicyclic) bond motifs is 2. The summed E-state index contributed by atoms with van der Waals surface area (Å²) in [5.74, 6) is 0.687. The topological polar surface area (TPSA) is 50.7 Å². The molecule has 0 aromatic heterocycles. The van der Waals surface area contributed by atoms with Crippen LogP contribution in [0.3, 0.4) is 0 Å². The molecule has 0 fully saturated rings. The van der Waals surface area contributed by atoms with Gasteiger partial charge in [-0.25, -0.2) is 9.38 Å². The zero-order chi connectivity index (χ0) is 21.9. The number of ether oxygens (including phenoxy) is 1. The van der Waals surface area contributed by atoms with Crippen molar-refractivity contribution >= 4 is 17.3 Å². The predicted octanol–water partition coefficient (Wildman–Crippen LogP) is 6.03. The molecule has 156 valence electrons. The van der Waals surface area contributed by atoms with Gasteiger partial charge in [0.15, 0.2) is 5.75 Å². The summed E-state index contributed by atoms with van der Waals surface area (Å²) >= 11 is 0. The number of amides is 1. The van der Waals surface area contributed by atoms with E-state index >= 15 is 0 Å². The van der Waals surface area contributed by atoms with Crippen LogP contribution in [0.25, 0.3) is 0 Å².